The zero-order valence-corrected chi connectivity index (χ0v) is 18.7. The van der Waals surface area contributed by atoms with Crippen molar-refractivity contribution in [1.29, 1.82) is 0 Å². The van der Waals surface area contributed by atoms with E-state index < -0.39 is 11.8 Å². The lowest BCUT2D eigenvalue weighted by molar-refractivity contribution is -0.120. The Labute approximate surface area is 194 Å². The molecule has 0 fully saturated rings. The fourth-order valence-corrected chi connectivity index (χ4v) is 2.97. The summed E-state index contributed by atoms with van der Waals surface area (Å²) in [6, 6.07) is 13.3. The average Bonchev–Trinajstić information content (AvgIpc) is 3.27. The number of hydrazone groups is 1. The topological polar surface area (TPSA) is 102 Å². The molecule has 0 aliphatic rings. The summed E-state index contributed by atoms with van der Waals surface area (Å²) in [5.41, 5.74) is 3.39. The zero-order chi connectivity index (χ0) is 23.1. The lowest BCUT2D eigenvalue weighted by atomic mass is 10.2. The van der Waals surface area contributed by atoms with Crippen molar-refractivity contribution in [2.75, 3.05) is 20.8 Å². The Bertz CT molecular complexity index is 1160. The molecule has 0 aliphatic heterocycles. The van der Waals surface area contributed by atoms with Crippen molar-refractivity contribution < 1.29 is 23.5 Å². The molecule has 3 rings (SSSR count). The minimum Gasteiger partial charge on any atom is -0.493 e. The molecule has 1 aromatic heterocycles. The number of amides is 2. The Morgan fingerprint density at radius 2 is 1.78 bits per heavy atom. The van der Waals surface area contributed by atoms with Crippen LogP contribution in [0, 0.1) is 0 Å². The SMILES string of the molecule is COc1ccc(C(=O)NCC(=O)NN=Cc2ccc(-c3ccc(Cl)c(Cl)c3)o2)cc1OC. The Balaban J connectivity index is 1.51. The molecular weight excluding hydrogens is 457 g/mol. The van der Waals surface area contributed by atoms with Gasteiger partial charge in [0.15, 0.2) is 11.5 Å². The Hall–Kier alpha value is -3.49. The van der Waals surface area contributed by atoms with Gasteiger partial charge in [-0.1, -0.05) is 23.2 Å². The number of nitrogens with zero attached hydrogens (tertiary/aromatic N) is 1. The number of rotatable bonds is 8. The van der Waals surface area contributed by atoms with Crippen LogP contribution in [-0.2, 0) is 4.79 Å². The second kappa shape index (κ2) is 10.7. The van der Waals surface area contributed by atoms with Crippen LogP contribution in [-0.4, -0.2) is 38.8 Å². The summed E-state index contributed by atoms with van der Waals surface area (Å²) in [5.74, 6) is 0.942. The zero-order valence-electron chi connectivity index (χ0n) is 17.1. The number of halogens is 2. The predicted molar refractivity (Wildman–Crippen MR) is 122 cm³/mol. The molecule has 32 heavy (non-hydrogen) atoms. The molecule has 2 aromatic carbocycles. The second-order valence-electron chi connectivity index (χ2n) is 6.38. The standard InChI is InChI=1S/C22H19Cl2N3O5/c1-30-19-7-4-14(10-20(19)31-2)22(29)25-12-21(28)27-26-11-15-5-8-18(32-15)13-3-6-16(23)17(24)9-13/h3-11H,12H2,1-2H3,(H,25,29)(H,27,28). The monoisotopic (exact) mass is 475 g/mol. The van der Waals surface area contributed by atoms with Gasteiger partial charge in [-0.25, -0.2) is 5.43 Å². The summed E-state index contributed by atoms with van der Waals surface area (Å²) >= 11 is 11.9. The van der Waals surface area contributed by atoms with Gasteiger partial charge in [-0.3, -0.25) is 9.59 Å². The highest BCUT2D eigenvalue weighted by molar-refractivity contribution is 6.42. The number of nitrogens with one attached hydrogen (secondary N) is 2. The van der Waals surface area contributed by atoms with E-state index in [1.165, 1.54) is 26.5 Å². The van der Waals surface area contributed by atoms with Crippen LogP contribution in [0.2, 0.25) is 10.0 Å². The van der Waals surface area contributed by atoms with E-state index in [1.54, 1.807) is 42.5 Å². The molecule has 2 N–H and O–H groups in total. The minimum absolute atomic E-state index is 0.267. The van der Waals surface area contributed by atoms with Crippen molar-refractivity contribution in [2.24, 2.45) is 5.10 Å². The summed E-state index contributed by atoms with van der Waals surface area (Å²) in [6.07, 6.45) is 1.34. The molecule has 8 nitrogen and oxygen atoms in total. The lowest BCUT2D eigenvalue weighted by Crippen LogP contribution is -2.34. The van der Waals surface area contributed by atoms with Crippen LogP contribution in [0.4, 0.5) is 0 Å². The highest BCUT2D eigenvalue weighted by Crippen LogP contribution is 2.29. The van der Waals surface area contributed by atoms with Crippen LogP contribution in [0.1, 0.15) is 16.1 Å². The van der Waals surface area contributed by atoms with Gasteiger partial charge in [0.25, 0.3) is 11.8 Å². The molecule has 0 radical (unpaired) electrons. The predicted octanol–water partition coefficient (Wildman–Crippen LogP) is 4.15. The smallest absolute Gasteiger partial charge is 0.259 e. The molecule has 0 aliphatic carbocycles. The number of hydrogen-bond acceptors (Lipinski definition) is 6. The van der Waals surface area contributed by atoms with Gasteiger partial charge in [-0.15, -0.1) is 0 Å². The molecule has 3 aromatic rings. The maximum Gasteiger partial charge on any atom is 0.259 e. The fraction of sp³-hybridized carbons (Fsp3) is 0.136. The van der Waals surface area contributed by atoms with Crippen LogP contribution >= 0.6 is 23.2 Å². The fourth-order valence-electron chi connectivity index (χ4n) is 2.67. The van der Waals surface area contributed by atoms with E-state index in [9.17, 15) is 9.59 Å². The minimum atomic E-state index is -0.508. The number of benzene rings is 2. The number of carbonyl (C=O) groups excluding carboxylic acids is 2. The third-order valence-corrected chi connectivity index (χ3v) is 5.01. The molecular formula is C22H19Cl2N3O5. The number of ether oxygens (including phenoxy) is 2. The van der Waals surface area contributed by atoms with E-state index in [0.717, 1.165) is 5.56 Å². The molecule has 0 unspecified atom stereocenters. The number of furan rings is 1. The van der Waals surface area contributed by atoms with Gasteiger partial charge in [-0.05, 0) is 48.5 Å². The van der Waals surface area contributed by atoms with Crippen LogP contribution in [0.25, 0.3) is 11.3 Å². The Kier molecular flexibility index (Phi) is 7.75. The van der Waals surface area contributed by atoms with E-state index in [1.807, 2.05) is 0 Å². The first kappa shape index (κ1) is 23.2. The molecule has 166 valence electrons. The number of methoxy groups -OCH3 is 2. The van der Waals surface area contributed by atoms with E-state index in [0.29, 0.717) is 38.6 Å². The highest BCUT2D eigenvalue weighted by Gasteiger charge is 2.12. The second-order valence-corrected chi connectivity index (χ2v) is 7.19. The summed E-state index contributed by atoms with van der Waals surface area (Å²) in [6.45, 7) is -0.267. The van der Waals surface area contributed by atoms with Crippen molar-refractivity contribution in [3.8, 4) is 22.8 Å². The molecule has 0 bridgehead atoms. The molecule has 1 heterocycles. The summed E-state index contributed by atoms with van der Waals surface area (Å²) in [5, 5.41) is 7.20. The van der Waals surface area contributed by atoms with Crippen molar-refractivity contribution in [3.63, 3.8) is 0 Å². The Morgan fingerprint density at radius 3 is 2.50 bits per heavy atom. The number of hydrogen-bond donors (Lipinski definition) is 2. The largest absolute Gasteiger partial charge is 0.493 e. The number of carbonyl (C=O) groups is 2. The van der Waals surface area contributed by atoms with Crippen LogP contribution in [0.15, 0.2) is 58.0 Å². The molecule has 0 atom stereocenters. The lowest BCUT2D eigenvalue weighted by Gasteiger charge is -2.09. The van der Waals surface area contributed by atoms with E-state index in [4.69, 9.17) is 37.1 Å². The maximum atomic E-state index is 12.2. The van der Waals surface area contributed by atoms with Crippen molar-refractivity contribution in [2.45, 2.75) is 0 Å². The Morgan fingerprint density at radius 1 is 1.00 bits per heavy atom. The first-order valence-corrected chi connectivity index (χ1v) is 10.0. The molecule has 0 spiro atoms. The molecule has 2 amide bonds. The third-order valence-electron chi connectivity index (χ3n) is 4.27. The van der Waals surface area contributed by atoms with Crippen LogP contribution < -0.4 is 20.2 Å². The molecule has 10 heteroatoms. The summed E-state index contributed by atoms with van der Waals surface area (Å²) in [7, 11) is 2.97. The van der Waals surface area contributed by atoms with Crippen molar-refractivity contribution in [1.82, 2.24) is 10.7 Å². The van der Waals surface area contributed by atoms with Gasteiger partial charge >= 0.3 is 0 Å². The average molecular weight is 476 g/mol. The van der Waals surface area contributed by atoms with E-state index in [-0.39, 0.29) is 6.54 Å². The van der Waals surface area contributed by atoms with Crippen molar-refractivity contribution in [3.05, 3.63) is 69.9 Å². The first-order chi connectivity index (χ1) is 15.4. The van der Waals surface area contributed by atoms with Gasteiger partial charge in [-0.2, -0.15) is 5.10 Å². The van der Waals surface area contributed by atoms with Crippen LogP contribution in [0.5, 0.6) is 11.5 Å². The first-order valence-electron chi connectivity index (χ1n) is 9.28. The van der Waals surface area contributed by atoms with Crippen LogP contribution in [0.3, 0.4) is 0 Å². The normalized spacial score (nSPS) is 10.8. The highest BCUT2D eigenvalue weighted by atomic mass is 35.5. The molecule has 0 saturated carbocycles. The molecule has 0 saturated heterocycles. The van der Waals surface area contributed by atoms with Gasteiger partial charge in [0, 0.05) is 11.1 Å². The van der Waals surface area contributed by atoms with Gasteiger partial charge in [0.05, 0.1) is 37.0 Å². The van der Waals surface area contributed by atoms with Gasteiger partial charge in [0.1, 0.15) is 11.5 Å². The summed E-state index contributed by atoms with van der Waals surface area (Å²) < 4.78 is 15.9. The van der Waals surface area contributed by atoms with Gasteiger partial charge < -0.3 is 19.2 Å². The maximum absolute atomic E-state index is 12.2. The third kappa shape index (κ3) is 5.81. The van der Waals surface area contributed by atoms with E-state index in [2.05, 4.69) is 15.8 Å². The quantitative estimate of drug-likeness (QED) is 0.376. The van der Waals surface area contributed by atoms with Gasteiger partial charge in [0.2, 0.25) is 0 Å². The van der Waals surface area contributed by atoms with Crippen molar-refractivity contribution >= 4 is 41.2 Å². The van der Waals surface area contributed by atoms with E-state index >= 15 is 0 Å². The summed E-state index contributed by atoms with van der Waals surface area (Å²) in [4.78, 5) is 24.2.